The number of carboxylic acids is 1. The van der Waals surface area contributed by atoms with Gasteiger partial charge in [-0.15, -0.1) is 4.83 Å². The van der Waals surface area contributed by atoms with E-state index in [0.29, 0.717) is 0 Å². The molecular formula is C2H6N2O5S. The lowest BCUT2D eigenvalue weighted by Crippen LogP contribution is -2.39. The summed E-state index contributed by atoms with van der Waals surface area (Å²) in [5.74, 6) is -1.24. The SMILES string of the molecule is O=C(O)CNNS(=O)(=O)O. The van der Waals surface area contributed by atoms with Crippen molar-refractivity contribution in [3.05, 3.63) is 0 Å². The summed E-state index contributed by atoms with van der Waals surface area (Å²) in [6.07, 6.45) is 0. The normalized spacial score (nSPS) is 11.3. The number of aliphatic carboxylic acids is 1. The molecule has 0 radical (unpaired) electrons. The molecule has 0 saturated carbocycles. The van der Waals surface area contributed by atoms with Crippen molar-refractivity contribution in [2.75, 3.05) is 6.54 Å². The van der Waals surface area contributed by atoms with E-state index in [-0.39, 0.29) is 0 Å². The summed E-state index contributed by atoms with van der Waals surface area (Å²) in [6.45, 7) is -0.597. The first-order valence-electron chi connectivity index (χ1n) is 2.10. The first-order chi connectivity index (χ1) is 4.42. The van der Waals surface area contributed by atoms with Crippen molar-refractivity contribution in [2.45, 2.75) is 0 Å². The highest BCUT2D eigenvalue weighted by atomic mass is 32.2. The molecule has 0 aliphatic rings. The third-order valence-corrected chi connectivity index (χ3v) is 0.843. The summed E-state index contributed by atoms with van der Waals surface area (Å²) in [5.41, 5.74) is 1.74. The van der Waals surface area contributed by atoms with Gasteiger partial charge in [0.1, 0.15) is 6.54 Å². The molecule has 0 aromatic carbocycles. The quantitative estimate of drug-likeness (QED) is 0.285. The summed E-state index contributed by atoms with van der Waals surface area (Å²) >= 11 is 0. The molecule has 0 saturated heterocycles. The van der Waals surface area contributed by atoms with E-state index in [1.54, 1.807) is 5.43 Å². The standard InChI is InChI=1S/C2H6N2O5S/c5-2(6)1-3-4-10(7,8)9/h3-4H,1H2,(H,5,6)(H,7,8,9). The minimum absolute atomic E-state index is 0.597. The molecule has 10 heavy (non-hydrogen) atoms. The van der Waals surface area contributed by atoms with E-state index in [9.17, 15) is 13.2 Å². The lowest BCUT2D eigenvalue weighted by Gasteiger charge is -1.98. The Kier molecular flexibility index (Phi) is 3.22. The van der Waals surface area contributed by atoms with Gasteiger partial charge < -0.3 is 5.11 Å². The third-order valence-electron chi connectivity index (χ3n) is 0.441. The molecule has 0 heterocycles. The fourth-order valence-electron chi connectivity index (χ4n) is 0.203. The molecular weight excluding hydrogens is 164 g/mol. The number of hydrogen-bond donors (Lipinski definition) is 4. The van der Waals surface area contributed by atoms with Crippen LogP contribution in [0.5, 0.6) is 0 Å². The first-order valence-corrected chi connectivity index (χ1v) is 3.54. The van der Waals surface area contributed by atoms with Crippen LogP contribution in [0.2, 0.25) is 0 Å². The average molecular weight is 170 g/mol. The fraction of sp³-hybridized carbons (Fsp3) is 0.500. The van der Waals surface area contributed by atoms with Crippen molar-refractivity contribution >= 4 is 16.3 Å². The van der Waals surface area contributed by atoms with Gasteiger partial charge in [0.25, 0.3) is 0 Å². The zero-order valence-electron chi connectivity index (χ0n) is 4.73. The second-order valence-corrected chi connectivity index (χ2v) is 2.48. The van der Waals surface area contributed by atoms with Gasteiger partial charge in [-0.1, -0.05) is 0 Å². The van der Waals surface area contributed by atoms with Gasteiger partial charge in [-0.2, -0.15) is 8.42 Å². The molecule has 0 aromatic rings. The summed E-state index contributed by atoms with van der Waals surface area (Å²) in [4.78, 5) is 11.1. The third kappa shape index (κ3) is 7.30. The minimum atomic E-state index is -4.34. The summed E-state index contributed by atoms with van der Waals surface area (Å²) < 4.78 is 27.5. The number of carboxylic acid groups (broad SMARTS) is 1. The molecule has 0 fully saturated rings. The van der Waals surface area contributed by atoms with Crippen LogP contribution >= 0.6 is 0 Å². The summed E-state index contributed by atoms with van der Waals surface area (Å²) in [6, 6.07) is 0. The molecule has 8 heteroatoms. The Morgan fingerprint density at radius 1 is 1.50 bits per heavy atom. The largest absolute Gasteiger partial charge is 0.480 e. The molecule has 0 aliphatic heterocycles. The van der Waals surface area contributed by atoms with Gasteiger partial charge in [-0.3, -0.25) is 9.35 Å². The zero-order valence-corrected chi connectivity index (χ0v) is 5.55. The summed E-state index contributed by atoms with van der Waals surface area (Å²) in [5, 5.41) is 7.93. The number of nitrogens with one attached hydrogen (secondary N) is 2. The Balaban J connectivity index is 3.49. The molecule has 0 aliphatic carbocycles. The van der Waals surface area contributed by atoms with Crippen LogP contribution < -0.4 is 10.3 Å². The molecule has 0 spiro atoms. The van der Waals surface area contributed by atoms with Gasteiger partial charge in [0, 0.05) is 0 Å². The highest BCUT2D eigenvalue weighted by molar-refractivity contribution is 7.83. The fourth-order valence-corrected chi connectivity index (χ4v) is 0.457. The van der Waals surface area contributed by atoms with Crippen molar-refractivity contribution in [1.82, 2.24) is 10.3 Å². The maximum atomic E-state index is 9.80. The zero-order chi connectivity index (χ0) is 8.20. The van der Waals surface area contributed by atoms with Gasteiger partial charge in [0.2, 0.25) is 0 Å². The summed E-state index contributed by atoms with van der Waals surface area (Å²) in [7, 11) is -4.34. The van der Waals surface area contributed by atoms with Crippen molar-refractivity contribution in [2.24, 2.45) is 0 Å². The van der Waals surface area contributed by atoms with E-state index < -0.39 is 22.8 Å². The van der Waals surface area contributed by atoms with Crippen LogP contribution in [0.4, 0.5) is 0 Å². The van der Waals surface area contributed by atoms with E-state index in [2.05, 4.69) is 0 Å². The topological polar surface area (TPSA) is 116 Å². The van der Waals surface area contributed by atoms with Crippen LogP contribution in [0.15, 0.2) is 0 Å². The molecule has 0 atom stereocenters. The maximum absolute atomic E-state index is 9.80. The lowest BCUT2D eigenvalue weighted by molar-refractivity contribution is -0.136. The second-order valence-electron chi connectivity index (χ2n) is 1.32. The molecule has 4 N–H and O–H groups in total. The van der Waals surface area contributed by atoms with Crippen LogP contribution in [0, 0.1) is 0 Å². The van der Waals surface area contributed by atoms with Crippen LogP contribution in [0.1, 0.15) is 0 Å². The first kappa shape index (κ1) is 9.30. The Morgan fingerprint density at radius 3 is 2.30 bits per heavy atom. The Bertz CT molecular complexity index is 208. The maximum Gasteiger partial charge on any atom is 0.346 e. The van der Waals surface area contributed by atoms with Crippen molar-refractivity contribution in [1.29, 1.82) is 0 Å². The number of carbonyl (C=O) groups is 1. The second kappa shape index (κ2) is 3.46. The Hall–Kier alpha value is -0.700. The predicted octanol–water partition coefficient (Wildman–Crippen LogP) is -2.03. The van der Waals surface area contributed by atoms with Crippen LogP contribution in [0.3, 0.4) is 0 Å². The van der Waals surface area contributed by atoms with Gasteiger partial charge in [0.15, 0.2) is 0 Å². The molecule has 60 valence electrons. The van der Waals surface area contributed by atoms with Gasteiger partial charge in [0.05, 0.1) is 0 Å². The van der Waals surface area contributed by atoms with Crippen LogP contribution in [-0.4, -0.2) is 30.6 Å². The number of rotatable bonds is 4. The smallest absolute Gasteiger partial charge is 0.346 e. The van der Waals surface area contributed by atoms with Gasteiger partial charge >= 0.3 is 16.3 Å². The number of hydrogen-bond acceptors (Lipinski definition) is 4. The lowest BCUT2D eigenvalue weighted by atomic mass is 10.7. The predicted molar refractivity (Wildman–Crippen MR) is 30.3 cm³/mol. The monoisotopic (exact) mass is 170 g/mol. The van der Waals surface area contributed by atoms with Crippen molar-refractivity contribution < 1.29 is 22.9 Å². The molecule has 0 rings (SSSR count). The molecule has 7 nitrogen and oxygen atoms in total. The van der Waals surface area contributed by atoms with E-state index >= 15 is 0 Å². The minimum Gasteiger partial charge on any atom is -0.480 e. The van der Waals surface area contributed by atoms with Crippen molar-refractivity contribution in [3.8, 4) is 0 Å². The van der Waals surface area contributed by atoms with E-state index in [1.807, 2.05) is 0 Å². The average Bonchev–Trinajstić information content (AvgIpc) is 1.59. The highest BCUT2D eigenvalue weighted by Crippen LogP contribution is 1.65. The Labute approximate surface area is 56.9 Å². The molecule has 0 unspecified atom stereocenters. The van der Waals surface area contributed by atoms with E-state index in [4.69, 9.17) is 9.66 Å². The van der Waals surface area contributed by atoms with Crippen molar-refractivity contribution in [3.63, 3.8) is 0 Å². The Morgan fingerprint density at radius 2 is 2.00 bits per heavy atom. The molecule has 0 amide bonds. The van der Waals surface area contributed by atoms with E-state index in [1.165, 1.54) is 4.83 Å². The number of hydrazine groups is 1. The highest BCUT2D eigenvalue weighted by Gasteiger charge is 2.01. The van der Waals surface area contributed by atoms with Crippen LogP contribution in [0.25, 0.3) is 0 Å². The molecule has 0 aromatic heterocycles. The van der Waals surface area contributed by atoms with Gasteiger partial charge in [-0.25, -0.2) is 5.43 Å². The molecule has 0 bridgehead atoms. The van der Waals surface area contributed by atoms with Gasteiger partial charge in [-0.05, 0) is 0 Å². The van der Waals surface area contributed by atoms with E-state index in [0.717, 1.165) is 0 Å². The van der Waals surface area contributed by atoms with Crippen LogP contribution in [-0.2, 0) is 15.1 Å².